The van der Waals surface area contributed by atoms with E-state index in [1.165, 1.54) is 49.5 Å². The summed E-state index contributed by atoms with van der Waals surface area (Å²) in [4.78, 5) is 5.73. The lowest BCUT2D eigenvalue weighted by atomic mass is 9.91. The van der Waals surface area contributed by atoms with Crippen molar-refractivity contribution in [3.63, 3.8) is 0 Å². The number of fused-ring (bicyclic) bond motifs is 5. The van der Waals surface area contributed by atoms with Crippen molar-refractivity contribution < 1.29 is 4.42 Å². The van der Waals surface area contributed by atoms with Crippen molar-refractivity contribution in [2.24, 2.45) is 4.99 Å². The molecule has 1 aliphatic rings. The minimum atomic E-state index is -0.363. The highest BCUT2D eigenvalue weighted by Crippen LogP contribution is 2.42. The largest absolute Gasteiger partial charge is 0.456 e. The standard InChI is InChI=1S/C63H46N2O/c1-41-28-36-58(50-34-33-44-18-8-9-19-47(44)38-50)64-63(65-62(41)51-21-10-20-48(39-51)43-16-6-3-7-17-43)56-26-12-22-52-53(23-11-24-54(52)56)55-25-13-27-60-61(55)57-40-49(35-37-59(57)66-60)46-31-29-45(30-32-46)42-14-4-2-5-15-42/h2-27,29-35,37-40,63,65H,28,36H2,1H3/b62-41-,64-58?. The minimum Gasteiger partial charge on any atom is -0.456 e. The normalized spacial score (nSPS) is 15.4. The van der Waals surface area contributed by atoms with Crippen molar-refractivity contribution >= 4 is 54.9 Å². The summed E-state index contributed by atoms with van der Waals surface area (Å²) >= 11 is 0. The average Bonchev–Trinajstić information content (AvgIpc) is 3.76. The second kappa shape index (κ2) is 16.7. The summed E-state index contributed by atoms with van der Waals surface area (Å²) in [5.41, 5.74) is 18.2. The van der Waals surface area contributed by atoms with Gasteiger partial charge < -0.3 is 9.73 Å². The number of benzene rings is 10. The van der Waals surface area contributed by atoms with Crippen molar-refractivity contribution in [3.8, 4) is 44.5 Å². The Kier molecular flexibility index (Phi) is 9.95. The van der Waals surface area contributed by atoms with Crippen LogP contribution in [0, 0.1) is 0 Å². The Balaban J connectivity index is 0.986. The van der Waals surface area contributed by atoms with Crippen LogP contribution in [0.1, 0.15) is 42.6 Å². The van der Waals surface area contributed by atoms with E-state index in [0.717, 1.165) is 85.0 Å². The molecule has 1 unspecified atom stereocenters. The third kappa shape index (κ3) is 7.25. The van der Waals surface area contributed by atoms with Crippen LogP contribution in [-0.2, 0) is 0 Å². The van der Waals surface area contributed by atoms with Crippen LogP contribution >= 0.6 is 0 Å². The first-order valence-electron chi connectivity index (χ1n) is 22.9. The molecule has 66 heavy (non-hydrogen) atoms. The number of nitrogens with one attached hydrogen (secondary N) is 1. The lowest BCUT2D eigenvalue weighted by Crippen LogP contribution is -2.24. The van der Waals surface area contributed by atoms with Gasteiger partial charge in [0.25, 0.3) is 0 Å². The highest BCUT2D eigenvalue weighted by molar-refractivity contribution is 6.16. The van der Waals surface area contributed by atoms with Gasteiger partial charge in [-0.3, -0.25) is 4.99 Å². The quantitative estimate of drug-likeness (QED) is 0.173. The van der Waals surface area contributed by atoms with Gasteiger partial charge in [-0.1, -0.05) is 194 Å². The summed E-state index contributed by atoms with van der Waals surface area (Å²) in [6.07, 6.45) is 1.35. The van der Waals surface area contributed by atoms with Crippen LogP contribution in [0.5, 0.6) is 0 Å². The topological polar surface area (TPSA) is 37.5 Å². The molecule has 1 aromatic heterocycles. The first-order chi connectivity index (χ1) is 32.6. The zero-order valence-electron chi connectivity index (χ0n) is 36.7. The summed E-state index contributed by atoms with van der Waals surface area (Å²) in [6.45, 7) is 2.28. The lowest BCUT2D eigenvalue weighted by molar-refractivity contribution is 0.661. The Labute approximate surface area is 385 Å². The van der Waals surface area contributed by atoms with Gasteiger partial charge in [-0.25, -0.2) is 0 Å². The van der Waals surface area contributed by atoms with Gasteiger partial charge >= 0.3 is 0 Å². The maximum atomic E-state index is 6.59. The summed E-state index contributed by atoms with van der Waals surface area (Å²) in [5, 5.41) is 11.1. The molecule has 1 atom stereocenters. The molecule has 10 aromatic carbocycles. The number of furan rings is 1. The molecule has 1 N–H and O–H groups in total. The molecule has 2 heterocycles. The molecule has 0 radical (unpaired) electrons. The van der Waals surface area contributed by atoms with E-state index in [1.807, 2.05) is 0 Å². The van der Waals surface area contributed by atoms with Crippen molar-refractivity contribution in [2.45, 2.75) is 25.9 Å². The van der Waals surface area contributed by atoms with Crippen molar-refractivity contribution in [3.05, 3.63) is 247 Å². The van der Waals surface area contributed by atoms with Gasteiger partial charge in [-0.15, -0.1) is 0 Å². The molecule has 3 nitrogen and oxygen atoms in total. The van der Waals surface area contributed by atoms with Crippen LogP contribution in [-0.4, -0.2) is 5.71 Å². The number of rotatable bonds is 7. The van der Waals surface area contributed by atoms with Gasteiger partial charge in [0.1, 0.15) is 17.3 Å². The Morgan fingerprint density at radius 3 is 1.82 bits per heavy atom. The van der Waals surface area contributed by atoms with Crippen LogP contribution < -0.4 is 5.32 Å². The Morgan fingerprint density at radius 1 is 0.409 bits per heavy atom. The molecule has 3 heteroatoms. The molecule has 11 aromatic rings. The third-order valence-electron chi connectivity index (χ3n) is 13.4. The van der Waals surface area contributed by atoms with E-state index in [1.54, 1.807) is 0 Å². The summed E-state index contributed by atoms with van der Waals surface area (Å²) in [6, 6.07) is 80.8. The summed E-state index contributed by atoms with van der Waals surface area (Å²) in [7, 11) is 0. The van der Waals surface area contributed by atoms with Crippen LogP contribution in [0.4, 0.5) is 0 Å². The van der Waals surface area contributed by atoms with Crippen LogP contribution in [0.2, 0.25) is 0 Å². The molecule has 12 rings (SSSR count). The molecule has 0 saturated heterocycles. The number of aliphatic imine (C=N–C) groups is 1. The molecular weight excluding hydrogens is 801 g/mol. The summed E-state index contributed by atoms with van der Waals surface area (Å²) in [5.74, 6) is 0. The van der Waals surface area contributed by atoms with E-state index in [-0.39, 0.29) is 6.17 Å². The smallest absolute Gasteiger partial charge is 0.145 e. The van der Waals surface area contributed by atoms with Gasteiger partial charge in [0.2, 0.25) is 0 Å². The van der Waals surface area contributed by atoms with Crippen molar-refractivity contribution in [1.82, 2.24) is 5.32 Å². The number of allylic oxidation sites excluding steroid dienone is 1. The predicted octanol–water partition coefficient (Wildman–Crippen LogP) is 16.9. The second-order valence-corrected chi connectivity index (χ2v) is 17.5. The maximum Gasteiger partial charge on any atom is 0.145 e. The molecule has 0 spiro atoms. The van der Waals surface area contributed by atoms with E-state index < -0.39 is 0 Å². The van der Waals surface area contributed by atoms with Crippen LogP contribution in [0.25, 0.3) is 93.7 Å². The zero-order valence-corrected chi connectivity index (χ0v) is 36.7. The lowest BCUT2D eigenvalue weighted by Gasteiger charge is -2.27. The first kappa shape index (κ1) is 39.3. The SMILES string of the molecule is C/C1=C(\c2cccc(-c3ccccc3)c2)NC(c2cccc3c(-c4cccc5oc6ccc(-c7ccc(-c8ccccc8)cc7)cc6c45)cccc23)N=C(c2ccc3ccccc3c2)CC1. The maximum absolute atomic E-state index is 6.59. The zero-order chi connectivity index (χ0) is 44.0. The molecule has 0 bridgehead atoms. The fraction of sp³-hybridized carbons (Fsp3) is 0.0635. The molecular formula is C63H46N2O. The molecule has 314 valence electrons. The van der Waals surface area contributed by atoms with Gasteiger partial charge in [-0.2, -0.15) is 0 Å². The van der Waals surface area contributed by atoms with Gasteiger partial charge in [0.05, 0.1) is 0 Å². The molecule has 0 saturated carbocycles. The van der Waals surface area contributed by atoms with E-state index in [2.05, 4.69) is 237 Å². The first-order valence-corrected chi connectivity index (χ1v) is 22.9. The number of nitrogens with zero attached hydrogens (tertiary/aromatic N) is 1. The molecule has 1 aliphatic heterocycles. The fourth-order valence-electron chi connectivity index (χ4n) is 10.0. The van der Waals surface area contributed by atoms with E-state index in [9.17, 15) is 0 Å². The van der Waals surface area contributed by atoms with Crippen molar-refractivity contribution in [1.29, 1.82) is 0 Å². The van der Waals surface area contributed by atoms with Gasteiger partial charge in [0.15, 0.2) is 0 Å². The van der Waals surface area contributed by atoms with Gasteiger partial charge in [0, 0.05) is 27.7 Å². The average molecular weight is 847 g/mol. The Hall–Kier alpha value is -8.27. The molecule has 0 amide bonds. The van der Waals surface area contributed by atoms with E-state index in [0.29, 0.717) is 0 Å². The molecule has 0 fully saturated rings. The number of hydrogen-bond donors (Lipinski definition) is 1. The second-order valence-electron chi connectivity index (χ2n) is 17.5. The number of hydrogen-bond acceptors (Lipinski definition) is 3. The van der Waals surface area contributed by atoms with E-state index in [4.69, 9.17) is 9.41 Å². The third-order valence-corrected chi connectivity index (χ3v) is 13.4. The predicted molar refractivity (Wildman–Crippen MR) is 278 cm³/mol. The monoisotopic (exact) mass is 846 g/mol. The van der Waals surface area contributed by atoms with Gasteiger partial charge in [-0.05, 0) is 133 Å². The van der Waals surface area contributed by atoms with Crippen LogP contribution in [0.15, 0.2) is 239 Å². The highest BCUT2D eigenvalue weighted by Gasteiger charge is 2.23. The highest BCUT2D eigenvalue weighted by atomic mass is 16.3. The Bertz CT molecular complexity index is 3670. The molecule has 0 aliphatic carbocycles. The minimum absolute atomic E-state index is 0.363. The fourth-order valence-corrected chi connectivity index (χ4v) is 10.0. The van der Waals surface area contributed by atoms with Crippen LogP contribution in [0.3, 0.4) is 0 Å². The summed E-state index contributed by atoms with van der Waals surface area (Å²) < 4.78 is 6.59. The van der Waals surface area contributed by atoms with E-state index >= 15 is 0 Å². The Morgan fingerprint density at radius 2 is 1.00 bits per heavy atom. The van der Waals surface area contributed by atoms with Crippen molar-refractivity contribution in [2.75, 3.05) is 0 Å².